The number of phenols is 1. The molecule has 0 amide bonds. The molecule has 0 bridgehead atoms. The van der Waals surface area contributed by atoms with E-state index in [-0.39, 0.29) is 5.75 Å². The summed E-state index contributed by atoms with van der Waals surface area (Å²) in [7, 11) is 0. The standard InChI is InChI=1S/C24H27NO4S/c1-13-18(21(23(27)28)29-24(2,3)4)19(14-9-5-7-11-16(14)26)20-15-10-6-8-12-17(15)30-22(20)25-13/h5,7,9,11,21,26H,6,8,10,12H2,1-4H3,(H,27,28). The van der Waals surface area contributed by atoms with Crippen LogP contribution in [0.25, 0.3) is 21.3 Å². The second kappa shape index (κ2) is 7.67. The molecule has 1 aliphatic carbocycles. The fourth-order valence-electron chi connectivity index (χ4n) is 4.29. The smallest absolute Gasteiger partial charge is 0.337 e. The van der Waals surface area contributed by atoms with Crippen LogP contribution in [0.2, 0.25) is 0 Å². The number of aliphatic carboxylic acids is 1. The number of aryl methyl sites for hydroxylation is 3. The number of hydrogen-bond acceptors (Lipinski definition) is 5. The average Bonchev–Trinajstić information content (AvgIpc) is 3.03. The topological polar surface area (TPSA) is 79.7 Å². The summed E-state index contributed by atoms with van der Waals surface area (Å²) < 4.78 is 6.02. The molecule has 0 saturated heterocycles. The molecule has 0 aliphatic heterocycles. The maximum Gasteiger partial charge on any atom is 0.337 e. The van der Waals surface area contributed by atoms with Gasteiger partial charge in [-0.25, -0.2) is 9.78 Å². The van der Waals surface area contributed by atoms with Crippen molar-refractivity contribution in [1.82, 2.24) is 4.98 Å². The molecule has 2 heterocycles. The molecule has 2 N–H and O–H groups in total. The van der Waals surface area contributed by atoms with Crippen LogP contribution < -0.4 is 0 Å². The SMILES string of the molecule is Cc1nc2sc3c(c2c(-c2ccccc2O)c1C(OC(C)(C)C)C(=O)O)CCCC3. The van der Waals surface area contributed by atoms with Crippen LogP contribution in [0, 0.1) is 6.92 Å². The van der Waals surface area contributed by atoms with Crippen LogP contribution in [0.15, 0.2) is 24.3 Å². The van der Waals surface area contributed by atoms with E-state index in [4.69, 9.17) is 9.72 Å². The molecule has 0 fully saturated rings. The number of carboxylic acids is 1. The second-order valence-electron chi connectivity index (χ2n) is 8.84. The Bertz CT molecular complexity index is 1130. The van der Waals surface area contributed by atoms with Gasteiger partial charge in [0.15, 0.2) is 6.10 Å². The molecular weight excluding hydrogens is 398 g/mol. The van der Waals surface area contributed by atoms with Gasteiger partial charge in [-0.1, -0.05) is 18.2 Å². The van der Waals surface area contributed by atoms with Gasteiger partial charge in [-0.05, 0) is 65.0 Å². The molecular formula is C24H27NO4S. The molecule has 0 spiro atoms. The molecule has 4 rings (SSSR count). The molecule has 158 valence electrons. The van der Waals surface area contributed by atoms with E-state index in [9.17, 15) is 15.0 Å². The first-order chi connectivity index (χ1) is 14.2. The number of para-hydroxylation sites is 1. The number of aromatic hydroxyl groups is 1. The molecule has 1 unspecified atom stereocenters. The fourth-order valence-corrected chi connectivity index (χ4v) is 5.61. The molecule has 5 nitrogen and oxygen atoms in total. The van der Waals surface area contributed by atoms with Crippen LogP contribution in [0.5, 0.6) is 5.75 Å². The Labute approximate surface area is 180 Å². The third kappa shape index (κ3) is 3.70. The van der Waals surface area contributed by atoms with Gasteiger partial charge in [0.2, 0.25) is 0 Å². The first kappa shape index (κ1) is 20.8. The zero-order chi connectivity index (χ0) is 21.6. The highest BCUT2D eigenvalue weighted by molar-refractivity contribution is 7.19. The van der Waals surface area contributed by atoms with Gasteiger partial charge in [0, 0.05) is 32.6 Å². The average molecular weight is 426 g/mol. The van der Waals surface area contributed by atoms with E-state index in [1.165, 1.54) is 10.4 Å². The minimum Gasteiger partial charge on any atom is -0.507 e. The van der Waals surface area contributed by atoms with Crippen molar-refractivity contribution in [2.45, 2.75) is 65.1 Å². The van der Waals surface area contributed by atoms with Crippen molar-refractivity contribution in [3.05, 3.63) is 46.0 Å². The lowest BCUT2D eigenvalue weighted by atomic mass is 9.87. The second-order valence-corrected chi connectivity index (χ2v) is 9.93. The summed E-state index contributed by atoms with van der Waals surface area (Å²) in [5.41, 5.74) is 3.10. The van der Waals surface area contributed by atoms with E-state index < -0.39 is 17.7 Å². The molecule has 6 heteroatoms. The maximum atomic E-state index is 12.3. The number of ether oxygens (including phenoxy) is 1. The molecule has 2 aromatic heterocycles. The van der Waals surface area contributed by atoms with Gasteiger partial charge in [0.05, 0.1) is 5.60 Å². The van der Waals surface area contributed by atoms with Gasteiger partial charge in [-0.2, -0.15) is 0 Å². The van der Waals surface area contributed by atoms with Gasteiger partial charge < -0.3 is 14.9 Å². The van der Waals surface area contributed by atoms with Crippen molar-refractivity contribution >= 4 is 27.5 Å². The van der Waals surface area contributed by atoms with E-state index in [1.54, 1.807) is 23.5 Å². The molecule has 30 heavy (non-hydrogen) atoms. The Hall–Kier alpha value is -2.44. The van der Waals surface area contributed by atoms with Gasteiger partial charge in [0.1, 0.15) is 10.6 Å². The molecule has 1 aromatic carbocycles. The first-order valence-corrected chi connectivity index (χ1v) is 11.1. The number of fused-ring (bicyclic) bond motifs is 3. The van der Waals surface area contributed by atoms with Gasteiger partial charge >= 0.3 is 5.97 Å². The zero-order valence-corrected chi connectivity index (χ0v) is 18.6. The highest BCUT2D eigenvalue weighted by Gasteiger charge is 2.34. The van der Waals surface area contributed by atoms with Crippen molar-refractivity contribution in [3.8, 4) is 16.9 Å². The fraction of sp³-hybridized carbons (Fsp3) is 0.417. The highest BCUT2D eigenvalue weighted by atomic mass is 32.1. The minimum absolute atomic E-state index is 0.126. The molecule has 3 aromatic rings. The number of pyridine rings is 1. The third-order valence-electron chi connectivity index (χ3n) is 5.46. The summed E-state index contributed by atoms with van der Waals surface area (Å²) in [6.45, 7) is 7.36. The van der Waals surface area contributed by atoms with Crippen LogP contribution in [0.1, 0.15) is 61.4 Å². The van der Waals surface area contributed by atoms with Gasteiger partial charge in [-0.3, -0.25) is 0 Å². The lowest BCUT2D eigenvalue weighted by Crippen LogP contribution is -2.28. The van der Waals surface area contributed by atoms with E-state index in [2.05, 4.69) is 0 Å². The third-order valence-corrected chi connectivity index (χ3v) is 6.65. The number of hydrogen-bond donors (Lipinski definition) is 2. The van der Waals surface area contributed by atoms with Crippen LogP contribution in [0.4, 0.5) is 0 Å². The van der Waals surface area contributed by atoms with Crippen LogP contribution in [0.3, 0.4) is 0 Å². The van der Waals surface area contributed by atoms with Crippen LogP contribution >= 0.6 is 11.3 Å². The summed E-state index contributed by atoms with van der Waals surface area (Å²) >= 11 is 1.69. The van der Waals surface area contributed by atoms with Crippen molar-refractivity contribution in [2.75, 3.05) is 0 Å². The lowest BCUT2D eigenvalue weighted by molar-refractivity contribution is -0.160. The number of carboxylic acid groups (broad SMARTS) is 1. The Morgan fingerprint density at radius 2 is 1.90 bits per heavy atom. The number of rotatable bonds is 4. The number of nitrogens with zero attached hydrogens (tertiary/aromatic N) is 1. The monoisotopic (exact) mass is 425 g/mol. The Morgan fingerprint density at radius 3 is 2.57 bits per heavy atom. The zero-order valence-electron chi connectivity index (χ0n) is 17.8. The Kier molecular flexibility index (Phi) is 5.32. The van der Waals surface area contributed by atoms with Crippen molar-refractivity contribution in [3.63, 3.8) is 0 Å². The van der Waals surface area contributed by atoms with Crippen molar-refractivity contribution in [1.29, 1.82) is 0 Å². The predicted octanol–water partition coefficient (Wildman–Crippen LogP) is 5.80. The van der Waals surface area contributed by atoms with Crippen LogP contribution in [-0.4, -0.2) is 26.8 Å². The summed E-state index contributed by atoms with van der Waals surface area (Å²) in [6.07, 6.45) is 3.03. The van der Waals surface area contributed by atoms with E-state index >= 15 is 0 Å². The number of carbonyl (C=O) groups is 1. The maximum absolute atomic E-state index is 12.3. The molecule has 0 radical (unpaired) electrons. The Morgan fingerprint density at radius 1 is 1.20 bits per heavy atom. The largest absolute Gasteiger partial charge is 0.507 e. The minimum atomic E-state index is -1.18. The number of thiophene rings is 1. The quantitative estimate of drug-likeness (QED) is 0.552. The predicted molar refractivity (Wildman–Crippen MR) is 119 cm³/mol. The van der Waals surface area contributed by atoms with Gasteiger partial charge in [-0.15, -0.1) is 11.3 Å². The Balaban J connectivity index is 2.11. The van der Waals surface area contributed by atoms with Crippen LogP contribution in [-0.2, 0) is 22.4 Å². The highest BCUT2D eigenvalue weighted by Crippen LogP contribution is 2.47. The summed E-state index contributed by atoms with van der Waals surface area (Å²) in [5.74, 6) is -0.934. The van der Waals surface area contributed by atoms with E-state index in [1.807, 2.05) is 39.8 Å². The first-order valence-electron chi connectivity index (χ1n) is 10.3. The lowest BCUT2D eigenvalue weighted by Gasteiger charge is -2.28. The van der Waals surface area contributed by atoms with Crippen molar-refractivity contribution in [2.24, 2.45) is 0 Å². The summed E-state index contributed by atoms with van der Waals surface area (Å²) in [4.78, 5) is 19.4. The summed E-state index contributed by atoms with van der Waals surface area (Å²) in [5, 5.41) is 21.8. The number of phenolic OH excluding ortho intramolecular Hbond substituents is 1. The molecule has 1 atom stereocenters. The summed E-state index contributed by atoms with van der Waals surface area (Å²) in [6, 6.07) is 7.11. The van der Waals surface area contributed by atoms with E-state index in [0.29, 0.717) is 16.8 Å². The normalized spacial score (nSPS) is 15.2. The molecule has 1 aliphatic rings. The van der Waals surface area contributed by atoms with E-state index in [0.717, 1.165) is 41.5 Å². The molecule has 0 saturated carbocycles. The number of benzene rings is 1. The number of aromatic nitrogens is 1. The van der Waals surface area contributed by atoms with Crippen molar-refractivity contribution < 1.29 is 19.7 Å². The van der Waals surface area contributed by atoms with Gasteiger partial charge in [0.25, 0.3) is 0 Å².